The van der Waals surface area contributed by atoms with Crippen LogP contribution >= 0.6 is 0 Å². The third kappa shape index (κ3) is 4.93. The van der Waals surface area contributed by atoms with Crippen LogP contribution in [0, 0.1) is 11.7 Å². The normalized spacial score (nSPS) is 11.3. The van der Waals surface area contributed by atoms with E-state index in [2.05, 4.69) is 29.2 Å². The van der Waals surface area contributed by atoms with Crippen molar-refractivity contribution in [1.29, 1.82) is 0 Å². The van der Waals surface area contributed by atoms with Crippen molar-refractivity contribution in [2.45, 2.75) is 52.6 Å². The number of carbonyl (C=O) groups is 1. The van der Waals surface area contributed by atoms with E-state index in [0.717, 1.165) is 25.7 Å². The van der Waals surface area contributed by atoms with Crippen LogP contribution in [0.2, 0.25) is 0 Å². The maximum Gasteiger partial charge on any atom is 0.264 e. The van der Waals surface area contributed by atoms with Gasteiger partial charge in [0.15, 0.2) is 5.65 Å². The summed E-state index contributed by atoms with van der Waals surface area (Å²) in [6.45, 7) is 5.10. The van der Waals surface area contributed by atoms with Crippen molar-refractivity contribution in [1.82, 2.24) is 24.6 Å². The van der Waals surface area contributed by atoms with Crippen molar-refractivity contribution < 1.29 is 9.18 Å². The number of carbonyl (C=O) groups excluding carboxylic acids is 1. The predicted molar refractivity (Wildman–Crippen MR) is 114 cm³/mol. The molecule has 0 atom stereocenters. The van der Waals surface area contributed by atoms with Crippen LogP contribution in [0.3, 0.4) is 0 Å². The second-order valence-electron chi connectivity index (χ2n) is 7.44. The number of halogens is 1. The summed E-state index contributed by atoms with van der Waals surface area (Å²) in [5.74, 6) is -0.256. The second-order valence-corrected chi connectivity index (χ2v) is 7.44. The van der Waals surface area contributed by atoms with E-state index in [1.54, 1.807) is 22.9 Å². The molecule has 0 saturated heterocycles. The average molecular weight is 413 g/mol. The van der Waals surface area contributed by atoms with Gasteiger partial charge < -0.3 is 5.32 Å². The van der Waals surface area contributed by atoms with Crippen LogP contribution in [0.15, 0.2) is 41.6 Å². The highest BCUT2D eigenvalue weighted by Crippen LogP contribution is 2.13. The van der Waals surface area contributed by atoms with E-state index in [0.29, 0.717) is 29.7 Å². The van der Waals surface area contributed by atoms with Gasteiger partial charge in [0.2, 0.25) is 5.91 Å². The summed E-state index contributed by atoms with van der Waals surface area (Å²) in [4.78, 5) is 29.5. The fourth-order valence-electron chi connectivity index (χ4n) is 3.62. The van der Waals surface area contributed by atoms with Gasteiger partial charge in [0.1, 0.15) is 17.5 Å². The Balaban J connectivity index is 1.68. The molecule has 3 aromatic rings. The number of hydrogen-bond donors (Lipinski definition) is 1. The SMILES string of the molecule is CCCC(CCC)C(=O)NCCn1ncc2c(=O)n(Cc3ccccc3F)cnc21. The predicted octanol–water partition coefficient (Wildman–Crippen LogP) is 3.11. The number of fused-ring (bicyclic) bond motifs is 1. The van der Waals surface area contributed by atoms with Crippen molar-refractivity contribution in [2.75, 3.05) is 6.54 Å². The maximum atomic E-state index is 13.9. The number of amides is 1. The summed E-state index contributed by atoms with van der Waals surface area (Å²) in [6.07, 6.45) is 6.60. The van der Waals surface area contributed by atoms with E-state index >= 15 is 0 Å². The van der Waals surface area contributed by atoms with Crippen molar-refractivity contribution in [3.8, 4) is 0 Å². The van der Waals surface area contributed by atoms with Gasteiger partial charge in [0.05, 0.1) is 19.3 Å². The molecular formula is C22H28FN5O2. The number of nitrogens with one attached hydrogen (secondary N) is 1. The average Bonchev–Trinajstić information content (AvgIpc) is 3.15. The highest BCUT2D eigenvalue weighted by molar-refractivity contribution is 5.78. The minimum atomic E-state index is -0.361. The van der Waals surface area contributed by atoms with E-state index in [-0.39, 0.29) is 29.7 Å². The Kier molecular flexibility index (Phi) is 7.32. The van der Waals surface area contributed by atoms with Crippen LogP contribution in [0.1, 0.15) is 45.1 Å². The first-order valence-corrected chi connectivity index (χ1v) is 10.5. The summed E-state index contributed by atoms with van der Waals surface area (Å²) in [6, 6.07) is 6.35. The van der Waals surface area contributed by atoms with E-state index in [1.165, 1.54) is 23.2 Å². The quantitative estimate of drug-likeness (QED) is 0.554. The molecule has 0 radical (unpaired) electrons. The molecule has 0 fully saturated rings. The molecule has 0 aliphatic rings. The highest BCUT2D eigenvalue weighted by atomic mass is 19.1. The Hall–Kier alpha value is -3.03. The fourth-order valence-corrected chi connectivity index (χ4v) is 3.62. The lowest BCUT2D eigenvalue weighted by Gasteiger charge is -2.15. The van der Waals surface area contributed by atoms with Crippen LogP contribution in [0.5, 0.6) is 0 Å². The Bertz CT molecular complexity index is 1050. The zero-order valence-electron chi connectivity index (χ0n) is 17.5. The Morgan fingerprint density at radius 2 is 1.93 bits per heavy atom. The third-order valence-corrected chi connectivity index (χ3v) is 5.19. The second kappa shape index (κ2) is 10.1. The van der Waals surface area contributed by atoms with Gasteiger partial charge >= 0.3 is 0 Å². The molecule has 0 aliphatic heterocycles. The molecule has 0 saturated carbocycles. The largest absolute Gasteiger partial charge is 0.354 e. The van der Waals surface area contributed by atoms with Gasteiger partial charge in [-0.25, -0.2) is 14.1 Å². The van der Waals surface area contributed by atoms with Crippen molar-refractivity contribution in [3.05, 3.63) is 58.5 Å². The summed E-state index contributed by atoms with van der Waals surface area (Å²) in [5.41, 5.74) is 0.603. The molecule has 1 N–H and O–H groups in total. The molecule has 1 aromatic carbocycles. The zero-order valence-corrected chi connectivity index (χ0v) is 17.5. The molecule has 7 nitrogen and oxygen atoms in total. The molecule has 0 bridgehead atoms. The van der Waals surface area contributed by atoms with E-state index in [9.17, 15) is 14.0 Å². The molecule has 8 heteroatoms. The highest BCUT2D eigenvalue weighted by Gasteiger charge is 2.16. The lowest BCUT2D eigenvalue weighted by Crippen LogP contribution is -2.33. The molecule has 3 rings (SSSR count). The van der Waals surface area contributed by atoms with Gasteiger partial charge in [-0.05, 0) is 18.9 Å². The molecular weight excluding hydrogens is 385 g/mol. The van der Waals surface area contributed by atoms with Crippen LogP contribution in [-0.4, -0.2) is 31.8 Å². The van der Waals surface area contributed by atoms with Crippen molar-refractivity contribution >= 4 is 16.9 Å². The fraction of sp³-hybridized carbons (Fsp3) is 0.455. The smallest absolute Gasteiger partial charge is 0.264 e. The molecule has 2 heterocycles. The van der Waals surface area contributed by atoms with Gasteiger partial charge in [0.25, 0.3) is 5.56 Å². The van der Waals surface area contributed by atoms with Gasteiger partial charge in [-0.15, -0.1) is 0 Å². The topological polar surface area (TPSA) is 81.8 Å². The molecule has 0 unspecified atom stereocenters. The lowest BCUT2D eigenvalue weighted by molar-refractivity contribution is -0.125. The number of aromatic nitrogens is 4. The summed E-state index contributed by atoms with van der Waals surface area (Å²) in [5, 5.41) is 7.59. The Labute approximate surface area is 174 Å². The van der Waals surface area contributed by atoms with Crippen LogP contribution < -0.4 is 10.9 Å². The molecule has 30 heavy (non-hydrogen) atoms. The standard InChI is InChI=1S/C22H28FN5O2/c1-3-7-16(8-4-2)21(29)24-11-12-28-20-18(13-26-28)22(30)27(15-25-20)14-17-9-5-6-10-19(17)23/h5-6,9-10,13,15-16H,3-4,7-8,11-12,14H2,1-2H3,(H,24,29). The van der Waals surface area contributed by atoms with E-state index in [4.69, 9.17) is 0 Å². The summed E-state index contributed by atoms with van der Waals surface area (Å²) < 4.78 is 16.9. The Morgan fingerprint density at radius 1 is 1.20 bits per heavy atom. The first-order valence-electron chi connectivity index (χ1n) is 10.5. The van der Waals surface area contributed by atoms with Gasteiger partial charge in [-0.3, -0.25) is 14.2 Å². The molecule has 0 spiro atoms. The van der Waals surface area contributed by atoms with E-state index in [1.807, 2.05) is 0 Å². The monoisotopic (exact) mass is 413 g/mol. The van der Waals surface area contributed by atoms with E-state index < -0.39 is 0 Å². The number of rotatable bonds is 10. The van der Waals surface area contributed by atoms with Crippen molar-refractivity contribution in [2.24, 2.45) is 5.92 Å². The minimum absolute atomic E-state index is 0.0399. The maximum absolute atomic E-state index is 13.9. The van der Waals surface area contributed by atoms with Gasteiger partial charge in [-0.2, -0.15) is 5.10 Å². The number of benzene rings is 1. The molecule has 160 valence electrons. The van der Waals surface area contributed by atoms with Crippen LogP contribution in [0.25, 0.3) is 11.0 Å². The summed E-state index contributed by atoms with van der Waals surface area (Å²) in [7, 11) is 0. The molecule has 0 aliphatic carbocycles. The lowest BCUT2D eigenvalue weighted by atomic mass is 9.97. The molecule has 1 amide bonds. The Morgan fingerprint density at radius 3 is 2.63 bits per heavy atom. The molecule has 2 aromatic heterocycles. The summed E-state index contributed by atoms with van der Waals surface area (Å²) >= 11 is 0. The van der Waals surface area contributed by atoms with Crippen LogP contribution in [-0.2, 0) is 17.9 Å². The number of hydrogen-bond acceptors (Lipinski definition) is 4. The van der Waals surface area contributed by atoms with Gasteiger partial charge in [0, 0.05) is 18.0 Å². The van der Waals surface area contributed by atoms with Crippen LogP contribution in [0.4, 0.5) is 4.39 Å². The third-order valence-electron chi connectivity index (χ3n) is 5.19. The zero-order chi connectivity index (χ0) is 21.5. The van der Waals surface area contributed by atoms with Crippen molar-refractivity contribution in [3.63, 3.8) is 0 Å². The minimum Gasteiger partial charge on any atom is -0.354 e. The first-order chi connectivity index (χ1) is 14.5. The number of nitrogens with zero attached hydrogens (tertiary/aromatic N) is 4. The van der Waals surface area contributed by atoms with Gasteiger partial charge in [-0.1, -0.05) is 44.9 Å². The first kappa shape index (κ1) is 21.7.